The highest BCUT2D eigenvalue weighted by molar-refractivity contribution is 6.02. The third kappa shape index (κ3) is 1.74. The Bertz CT molecular complexity index is 226. The molecule has 14 heavy (non-hydrogen) atoms. The Morgan fingerprint density at radius 1 is 1.14 bits per heavy atom. The van der Waals surface area contributed by atoms with Crippen molar-refractivity contribution in [2.24, 2.45) is 23.0 Å². The van der Waals surface area contributed by atoms with Crippen LogP contribution in [0, 0.1) is 17.3 Å². The predicted molar refractivity (Wildman–Crippen MR) is 53.3 cm³/mol. The highest BCUT2D eigenvalue weighted by atomic mass is 16.5. The van der Waals surface area contributed by atoms with Gasteiger partial charge in [-0.05, 0) is 11.8 Å². The number of amides is 1. The summed E-state index contributed by atoms with van der Waals surface area (Å²) >= 11 is 0. The zero-order valence-electron chi connectivity index (χ0n) is 9.46. The first kappa shape index (κ1) is 12.9. The van der Waals surface area contributed by atoms with E-state index in [1.807, 2.05) is 0 Å². The van der Waals surface area contributed by atoms with Crippen LogP contribution < -0.4 is 5.73 Å². The van der Waals surface area contributed by atoms with E-state index >= 15 is 0 Å². The molecule has 0 saturated heterocycles. The second kappa shape index (κ2) is 4.44. The summed E-state index contributed by atoms with van der Waals surface area (Å²) < 4.78 is 4.66. The zero-order chi connectivity index (χ0) is 11.5. The third-order valence-corrected chi connectivity index (χ3v) is 2.75. The summed E-state index contributed by atoms with van der Waals surface area (Å²) in [5, 5.41) is 0. The monoisotopic (exact) mass is 201 g/mol. The lowest BCUT2D eigenvalue weighted by Crippen LogP contribution is -2.52. The second-order valence-electron chi connectivity index (χ2n) is 4.03. The molecule has 82 valence electrons. The number of carbonyl (C=O) groups excluding carboxylic acids is 2. The minimum Gasteiger partial charge on any atom is -0.468 e. The average molecular weight is 201 g/mol. The minimum absolute atomic E-state index is 0.174. The van der Waals surface area contributed by atoms with Gasteiger partial charge in [0.25, 0.3) is 0 Å². The summed E-state index contributed by atoms with van der Waals surface area (Å²) in [5.74, 6) is -1.51. The van der Waals surface area contributed by atoms with Gasteiger partial charge in [-0.2, -0.15) is 0 Å². The van der Waals surface area contributed by atoms with Gasteiger partial charge in [0.05, 0.1) is 7.11 Å². The molecule has 4 nitrogen and oxygen atoms in total. The van der Waals surface area contributed by atoms with Crippen molar-refractivity contribution in [3.8, 4) is 0 Å². The molecular formula is C10H19NO3. The van der Waals surface area contributed by atoms with Crippen molar-refractivity contribution >= 4 is 11.9 Å². The maximum atomic E-state index is 11.6. The molecule has 0 aromatic heterocycles. The molecule has 0 aromatic rings. The third-order valence-electron chi connectivity index (χ3n) is 2.75. The number of methoxy groups -OCH3 is 1. The molecule has 0 unspecified atom stereocenters. The number of rotatable bonds is 4. The van der Waals surface area contributed by atoms with Crippen LogP contribution in [0.15, 0.2) is 0 Å². The van der Waals surface area contributed by atoms with Gasteiger partial charge < -0.3 is 10.5 Å². The second-order valence-corrected chi connectivity index (χ2v) is 4.03. The van der Waals surface area contributed by atoms with Gasteiger partial charge in [0.15, 0.2) is 5.41 Å². The molecule has 0 radical (unpaired) electrons. The first-order valence-electron chi connectivity index (χ1n) is 4.70. The number of carbonyl (C=O) groups is 2. The van der Waals surface area contributed by atoms with Crippen molar-refractivity contribution in [1.29, 1.82) is 0 Å². The number of ether oxygens (including phenoxy) is 1. The molecule has 0 aliphatic heterocycles. The lowest BCUT2D eigenvalue weighted by atomic mass is 9.68. The molecule has 0 saturated carbocycles. The number of primary amides is 1. The quantitative estimate of drug-likeness (QED) is 0.543. The molecule has 4 heteroatoms. The van der Waals surface area contributed by atoms with E-state index in [9.17, 15) is 9.59 Å². The zero-order valence-corrected chi connectivity index (χ0v) is 9.46. The largest absolute Gasteiger partial charge is 0.468 e. The normalized spacial score (nSPS) is 11.9. The molecular weight excluding hydrogens is 182 g/mol. The molecule has 0 aromatic carbocycles. The molecule has 0 rings (SSSR count). The maximum Gasteiger partial charge on any atom is 0.321 e. The smallest absolute Gasteiger partial charge is 0.321 e. The Morgan fingerprint density at radius 2 is 1.50 bits per heavy atom. The molecule has 1 amide bonds. The van der Waals surface area contributed by atoms with Crippen molar-refractivity contribution in [2.75, 3.05) is 7.11 Å². The van der Waals surface area contributed by atoms with E-state index < -0.39 is 17.3 Å². The fourth-order valence-electron chi connectivity index (χ4n) is 1.98. The van der Waals surface area contributed by atoms with Crippen LogP contribution in [0.4, 0.5) is 0 Å². The Morgan fingerprint density at radius 3 is 1.57 bits per heavy atom. The molecule has 2 N–H and O–H groups in total. The standard InChI is InChI=1S/C10H19NO3/c1-6(2)10(7(3)4,8(11)12)9(13)14-5/h6-7H,1-5H3,(H2,11,12). The molecule has 0 spiro atoms. The Balaban J connectivity index is 5.39. The molecule has 0 aliphatic carbocycles. The van der Waals surface area contributed by atoms with Gasteiger partial charge in [0, 0.05) is 0 Å². The van der Waals surface area contributed by atoms with Gasteiger partial charge in [-0.3, -0.25) is 9.59 Å². The average Bonchev–Trinajstić information content (AvgIpc) is 2.02. The van der Waals surface area contributed by atoms with Crippen LogP contribution in [0.3, 0.4) is 0 Å². The maximum absolute atomic E-state index is 11.6. The Hall–Kier alpha value is -1.06. The van der Waals surface area contributed by atoms with E-state index in [1.165, 1.54) is 7.11 Å². The number of esters is 1. The van der Waals surface area contributed by atoms with Crippen molar-refractivity contribution < 1.29 is 14.3 Å². The van der Waals surface area contributed by atoms with E-state index in [0.29, 0.717) is 0 Å². The number of nitrogens with two attached hydrogens (primary N) is 1. The summed E-state index contributed by atoms with van der Waals surface area (Å²) in [7, 11) is 1.27. The topological polar surface area (TPSA) is 69.4 Å². The molecule has 0 atom stereocenters. The highest BCUT2D eigenvalue weighted by Crippen LogP contribution is 2.36. The van der Waals surface area contributed by atoms with Crippen molar-refractivity contribution in [3.63, 3.8) is 0 Å². The lowest BCUT2D eigenvalue weighted by Gasteiger charge is -2.34. The van der Waals surface area contributed by atoms with Gasteiger partial charge in [-0.25, -0.2) is 0 Å². The SMILES string of the molecule is COC(=O)C(C(N)=O)(C(C)C)C(C)C. The summed E-state index contributed by atoms with van der Waals surface area (Å²) in [6.07, 6.45) is 0. The lowest BCUT2D eigenvalue weighted by molar-refractivity contribution is -0.165. The van der Waals surface area contributed by atoms with Crippen LogP contribution in [0.5, 0.6) is 0 Å². The van der Waals surface area contributed by atoms with E-state index in [0.717, 1.165) is 0 Å². The van der Waals surface area contributed by atoms with Crippen molar-refractivity contribution in [3.05, 3.63) is 0 Å². The molecule has 0 bridgehead atoms. The summed E-state index contributed by atoms with van der Waals surface area (Å²) in [6.45, 7) is 7.17. The predicted octanol–water partition coefficient (Wildman–Crippen LogP) is 0.943. The fourth-order valence-corrected chi connectivity index (χ4v) is 1.98. The van der Waals surface area contributed by atoms with Crippen LogP contribution in [0.2, 0.25) is 0 Å². The summed E-state index contributed by atoms with van der Waals surface area (Å²) in [5.41, 5.74) is 4.10. The van der Waals surface area contributed by atoms with Crippen LogP contribution >= 0.6 is 0 Å². The van der Waals surface area contributed by atoms with Crippen LogP contribution in [-0.2, 0) is 14.3 Å². The fraction of sp³-hybridized carbons (Fsp3) is 0.800. The summed E-state index contributed by atoms with van der Waals surface area (Å²) in [4.78, 5) is 23.1. The van der Waals surface area contributed by atoms with Gasteiger partial charge in [0.1, 0.15) is 0 Å². The Kier molecular flexibility index (Phi) is 4.10. The molecule has 0 heterocycles. The summed E-state index contributed by atoms with van der Waals surface area (Å²) in [6, 6.07) is 0. The minimum atomic E-state index is -1.21. The Labute approximate surface area is 84.8 Å². The first-order valence-corrected chi connectivity index (χ1v) is 4.70. The van der Waals surface area contributed by atoms with Crippen molar-refractivity contribution in [2.45, 2.75) is 27.7 Å². The van der Waals surface area contributed by atoms with E-state index in [-0.39, 0.29) is 11.8 Å². The highest BCUT2D eigenvalue weighted by Gasteiger charge is 2.51. The van der Waals surface area contributed by atoms with Gasteiger partial charge in [-0.15, -0.1) is 0 Å². The van der Waals surface area contributed by atoms with Gasteiger partial charge >= 0.3 is 5.97 Å². The van der Waals surface area contributed by atoms with Crippen LogP contribution in [0.25, 0.3) is 0 Å². The number of hydrogen-bond acceptors (Lipinski definition) is 3. The van der Waals surface area contributed by atoms with E-state index in [1.54, 1.807) is 27.7 Å². The van der Waals surface area contributed by atoms with E-state index in [2.05, 4.69) is 4.74 Å². The van der Waals surface area contributed by atoms with E-state index in [4.69, 9.17) is 5.73 Å². The van der Waals surface area contributed by atoms with Crippen LogP contribution in [-0.4, -0.2) is 19.0 Å². The van der Waals surface area contributed by atoms with Gasteiger partial charge in [0.2, 0.25) is 5.91 Å². The molecule has 0 fully saturated rings. The number of hydrogen-bond donors (Lipinski definition) is 1. The first-order chi connectivity index (χ1) is 6.31. The van der Waals surface area contributed by atoms with Crippen molar-refractivity contribution in [1.82, 2.24) is 0 Å². The van der Waals surface area contributed by atoms with Crippen LogP contribution in [0.1, 0.15) is 27.7 Å². The van der Waals surface area contributed by atoms with Gasteiger partial charge in [-0.1, -0.05) is 27.7 Å². The molecule has 0 aliphatic rings.